The Morgan fingerprint density at radius 2 is 2.29 bits per heavy atom. The molecular formula is C12H15NO. The van der Waals surface area contributed by atoms with Crippen LogP contribution in [0.1, 0.15) is 30.7 Å². The quantitative estimate of drug-likeness (QED) is 0.703. The molecule has 0 saturated heterocycles. The molecular weight excluding hydrogens is 174 g/mol. The second kappa shape index (κ2) is 3.82. The van der Waals surface area contributed by atoms with Crippen LogP contribution in [0.5, 0.6) is 5.75 Å². The molecule has 1 fully saturated rings. The zero-order chi connectivity index (χ0) is 9.97. The normalized spacial score (nSPS) is 17.7. The van der Waals surface area contributed by atoms with Crippen molar-refractivity contribution in [3.05, 3.63) is 29.8 Å². The molecule has 0 unspecified atom stereocenters. The van der Waals surface area contributed by atoms with E-state index in [0.29, 0.717) is 11.7 Å². The van der Waals surface area contributed by atoms with E-state index in [1.54, 1.807) is 6.07 Å². The first-order chi connectivity index (χ1) is 6.81. The number of hydrogen-bond acceptors (Lipinski definition) is 2. The maximum Gasteiger partial charge on any atom is 0.115 e. The van der Waals surface area contributed by atoms with Crippen LogP contribution >= 0.6 is 0 Å². The van der Waals surface area contributed by atoms with Crippen LogP contribution in [0, 0.1) is 11.3 Å². The van der Waals surface area contributed by atoms with Crippen LogP contribution in [0.2, 0.25) is 0 Å². The predicted octanol–water partition coefficient (Wildman–Crippen LogP) is 2.93. The van der Waals surface area contributed by atoms with Crippen molar-refractivity contribution in [2.75, 3.05) is 0 Å². The minimum absolute atomic E-state index is 0.332. The molecule has 0 aromatic heterocycles. The fraction of sp³-hybridized carbons (Fsp3) is 0.417. The number of phenols is 1. The second-order valence-corrected chi connectivity index (χ2v) is 3.98. The van der Waals surface area contributed by atoms with Crippen molar-refractivity contribution >= 4 is 6.21 Å². The highest BCUT2D eigenvalue weighted by atomic mass is 16.3. The van der Waals surface area contributed by atoms with Crippen molar-refractivity contribution in [1.82, 2.24) is 0 Å². The number of phenolic OH excluding ortho intramolecular Hbond substituents is 1. The van der Waals surface area contributed by atoms with E-state index < -0.39 is 0 Å². The average Bonchev–Trinajstić information content (AvgIpc) is 2.97. The van der Waals surface area contributed by atoms with Gasteiger partial charge in [0.05, 0.1) is 0 Å². The van der Waals surface area contributed by atoms with E-state index in [9.17, 15) is 5.11 Å². The predicted molar refractivity (Wildman–Crippen MR) is 57.0 cm³/mol. The molecule has 2 rings (SSSR count). The van der Waals surface area contributed by atoms with Crippen LogP contribution < -0.4 is 0 Å². The molecule has 0 radical (unpaired) electrons. The summed E-state index contributed by atoms with van der Waals surface area (Å²) in [4.78, 5) is 0. The maximum absolute atomic E-state index is 9.38. The summed E-state index contributed by atoms with van der Waals surface area (Å²) in [5.74, 6) is 1.51. The Morgan fingerprint density at radius 1 is 1.50 bits per heavy atom. The summed E-state index contributed by atoms with van der Waals surface area (Å²) in [5.41, 5.74) is 1.18. The monoisotopic (exact) mass is 189 g/mol. The first-order valence-electron chi connectivity index (χ1n) is 5.09. The Bertz CT molecular complexity index is 331. The average molecular weight is 189 g/mol. The lowest BCUT2D eigenvalue weighted by Crippen LogP contribution is -2.01. The van der Waals surface area contributed by atoms with Gasteiger partial charge in [0.1, 0.15) is 5.75 Å². The van der Waals surface area contributed by atoms with Gasteiger partial charge in [0.25, 0.3) is 0 Å². The summed E-state index contributed by atoms with van der Waals surface area (Å²) in [7, 11) is 0. The summed E-state index contributed by atoms with van der Waals surface area (Å²) in [6.45, 7) is 0. The van der Waals surface area contributed by atoms with E-state index >= 15 is 0 Å². The zero-order valence-corrected chi connectivity index (χ0v) is 8.11. The highest BCUT2D eigenvalue weighted by Crippen LogP contribution is 2.44. The van der Waals surface area contributed by atoms with Crippen LogP contribution in [0.15, 0.2) is 24.3 Å². The molecule has 1 atom stereocenters. The molecule has 1 aromatic rings. The van der Waals surface area contributed by atoms with Gasteiger partial charge in [-0.2, -0.15) is 0 Å². The van der Waals surface area contributed by atoms with Gasteiger partial charge in [-0.25, -0.2) is 0 Å². The summed E-state index contributed by atoms with van der Waals surface area (Å²) in [6.07, 6.45) is 4.82. The molecule has 2 nitrogen and oxygen atoms in total. The largest absolute Gasteiger partial charge is 0.508 e. The third kappa shape index (κ3) is 1.95. The lowest BCUT2D eigenvalue weighted by molar-refractivity contribution is 0.473. The van der Waals surface area contributed by atoms with Crippen molar-refractivity contribution in [2.45, 2.75) is 25.2 Å². The van der Waals surface area contributed by atoms with E-state index in [-0.39, 0.29) is 0 Å². The molecule has 0 amide bonds. The molecule has 0 spiro atoms. The molecule has 1 aromatic carbocycles. The van der Waals surface area contributed by atoms with E-state index in [4.69, 9.17) is 5.41 Å². The smallest absolute Gasteiger partial charge is 0.115 e. The third-order valence-electron chi connectivity index (χ3n) is 2.86. The molecule has 2 heteroatoms. The number of aromatic hydroxyl groups is 1. The van der Waals surface area contributed by atoms with Gasteiger partial charge in [-0.1, -0.05) is 12.1 Å². The summed E-state index contributed by atoms with van der Waals surface area (Å²) in [5, 5.41) is 16.5. The van der Waals surface area contributed by atoms with E-state index in [1.807, 2.05) is 18.2 Å². The second-order valence-electron chi connectivity index (χ2n) is 3.98. The van der Waals surface area contributed by atoms with Gasteiger partial charge in [-0.3, -0.25) is 0 Å². The van der Waals surface area contributed by atoms with Crippen molar-refractivity contribution < 1.29 is 5.11 Å². The zero-order valence-electron chi connectivity index (χ0n) is 8.11. The molecule has 0 bridgehead atoms. The minimum Gasteiger partial charge on any atom is -0.508 e. The fourth-order valence-corrected chi connectivity index (χ4v) is 1.98. The molecule has 1 aliphatic rings. The van der Waals surface area contributed by atoms with Gasteiger partial charge < -0.3 is 10.5 Å². The van der Waals surface area contributed by atoms with E-state index in [2.05, 4.69) is 0 Å². The van der Waals surface area contributed by atoms with Crippen LogP contribution in [-0.2, 0) is 0 Å². The van der Waals surface area contributed by atoms with Gasteiger partial charge in [0, 0.05) is 0 Å². The lowest BCUT2D eigenvalue weighted by atomic mass is 9.91. The van der Waals surface area contributed by atoms with E-state index in [0.717, 1.165) is 12.3 Å². The van der Waals surface area contributed by atoms with Crippen molar-refractivity contribution in [3.63, 3.8) is 0 Å². The Hall–Kier alpha value is -1.31. The van der Waals surface area contributed by atoms with Crippen LogP contribution in [0.3, 0.4) is 0 Å². The summed E-state index contributed by atoms with van der Waals surface area (Å²) >= 11 is 0. The van der Waals surface area contributed by atoms with E-state index in [1.165, 1.54) is 24.6 Å². The van der Waals surface area contributed by atoms with Gasteiger partial charge >= 0.3 is 0 Å². The Morgan fingerprint density at radius 3 is 2.86 bits per heavy atom. The summed E-state index contributed by atoms with van der Waals surface area (Å²) in [6, 6.07) is 7.44. The molecule has 14 heavy (non-hydrogen) atoms. The van der Waals surface area contributed by atoms with Crippen LogP contribution in [0.4, 0.5) is 0 Å². The highest BCUT2D eigenvalue weighted by molar-refractivity contribution is 5.55. The topological polar surface area (TPSA) is 44.1 Å². The molecule has 2 N–H and O–H groups in total. The molecule has 0 aliphatic heterocycles. The van der Waals surface area contributed by atoms with Gasteiger partial charge in [0.15, 0.2) is 0 Å². The number of rotatable bonds is 4. The molecule has 1 saturated carbocycles. The SMILES string of the molecule is N=CC[C@H](c1cccc(O)c1)C1CC1. The summed E-state index contributed by atoms with van der Waals surface area (Å²) < 4.78 is 0. The Balaban J connectivity index is 2.20. The number of hydrogen-bond donors (Lipinski definition) is 2. The third-order valence-corrected chi connectivity index (χ3v) is 2.86. The Labute approximate surface area is 84.1 Å². The molecule has 0 heterocycles. The fourth-order valence-electron chi connectivity index (χ4n) is 1.98. The number of benzene rings is 1. The molecule has 74 valence electrons. The van der Waals surface area contributed by atoms with Gasteiger partial charge in [-0.15, -0.1) is 0 Å². The maximum atomic E-state index is 9.38. The van der Waals surface area contributed by atoms with Gasteiger partial charge in [0.2, 0.25) is 0 Å². The first-order valence-corrected chi connectivity index (χ1v) is 5.09. The minimum atomic E-state index is 0.332. The molecule has 1 aliphatic carbocycles. The Kier molecular flexibility index (Phi) is 2.53. The van der Waals surface area contributed by atoms with Crippen molar-refractivity contribution in [1.29, 1.82) is 5.41 Å². The lowest BCUT2D eigenvalue weighted by Gasteiger charge is -2.14. The van der Waals surface area contributed by atoms with Crippen LogP contribution in [-0.4, -0.2) is 11.3 Å². The van der Waals surface area contributed by atoms with Crippen LogP contribution in [0.25, 0.3) is 0 Å². The van der Waals surface area contributed by atoms with Gasteiger partial charge in [-0.05, 0) is 55.0 Å². The van der Waals surface area contributed by atoms with Crippen molar-refractivity contribution in [3.8, 4) is 5.75 Å². The first kappa shape index (κ1) is 9.25. The highest BCUT2D eigenvalue weighted by Gasteiger charge is 2.31. The standard InChI is InChI=1S/C12H15NO/c13-7-6-12(9-4-5-9)10-2-1-3-11(14)8-10/h1-3,7-9,12-14H,4-6H2/t12-/m0/s1. The van der Waals surface area contributed by atoms with Crippen molar-refractivity contribution in [2.24, 2.45) is 5.92 Å². The number of nitrogens with one attached hydrogen (secondary N) is 1.